The lowest BCUT2D eigenvalue weighted by atomic mass is 9.79. The molecule has 1 heterocycles. The van der Waals surface area contributed by atoms with Crippen LogP contribution < -0.4 is 5.32 Å². The van der Waals surface area contributed by atoms with Crippen molar-refractivity contribution in [2.75, 3.05) is 0 Å². The van der Waals surface area contributed by atoms with E-state index < -0.39 is 17.3 Å². The van der Waals surface area contributed by atoms with Gasteiger partial charge < -0.3 is 5.32 Å². The van der Waals surface area contributed by atoms with Gasteiger partial charge in [-0.2, -0.15) is 8.78 Å². The lowest BCUT2D eigenvalue weighted by Gasteiger charge is -2.42. The van der Waals surface area contributed by atoms with Crippen molar-refractivity contribution < 1.29 is 13.2 Å². The van der Waals surface area contributed by atoms with Crippen LogP contribution in [0.1, 0.15) is 37.8 Å². The Labute approximate surface area is 175 Å². The molecule has 3 aromatic rings. The maximum absolute atomic E-state index is 15.8. The Morgan fingerprint density at radius 2 is 1.77 bits per heavy atom. The van der Waals surface area contributed by atoms with Crippen LogP contribution in [0.15, 0.2) is 79.5 Å². The van der Waals surface area contributed by atoms with E-state index in [1.807, 2.05) is 0 Å². The standard InChI is InChI=1S/C25H25F3N2/c1-5-24(15-17(2)3,25(27,28)21-11-7-6-8-12-21)30-18(4)20-14-19-10-9-13-22(26)23(19)29-16-20/h6-14,16,30H,2,4-5,15H2,1,3H3/t24-/m0/s1. The minimum Gasteiger partial charge on any atom is -0.373 e. The van der Waals surface area contributed by atoms with Gasteiger partial charge in [0.25, 0.3) is 5.92 Å². The van der Waals surface area contributed by atoms with Crippen LogP contribution in [0.4, 0.5) is 13.2 Å². The minimum absolute atomic E-state index is 0.0556. The summed E-state index contributed by atoms with van der Waals surface area (Å²) in [6.45, 7) is 11.3. The monoisotopic (exact) mass is 410 g/mol. The number of pyridine rings is 1. The predicted octanol–water partition coefficient (Wildman–Crippen LogP) is 6.84. The molecule has 0 bridgehead atoms. The van der Waals surface area contributed by atoms with Crippen LogP contribution in [0.2, 0.25) is 0 Å². The third kappa shape index (κ3) is 3.97. The molecule has 0 saturated carbocycles. The Hall–Kier alpha value is -3.08. The maximum atomic E-state index is 15.8. The molecular weight excluding hydrogens is 385 g/mol. The van der Waals surface area contributed by atoms with E-state index in [1.54, 1.807) is 50.2 Å². The third-order valence-electron chi connectivity index (χ3n) is 5.34. The number of alkyl halides is 2. The summed E-state index contributed by atoms with van der Waals surface area (Å²) in [4.78, 5) is 4.16. The van der Waals surface area contributed by atoms with Crippen molar-refractivity contribution in [1.82, 2.24) is 10.3 Å². The van der Waals surface area contributed by atoms with E-state index in [2.05, 4.69) is 23.5 Å². The zero-order chi connectivity index (χ0) is 21.9. The second-order valence-corrected chi connectivity index (χ2v) is 7.65. The van der Waals surface area contributed by atoms with Crippen LogP contribution in [0, 0.1) is 5.82 Å². The van der Waals surface area contributed by atoms with Crippen molar-refractivity contribution in [3.05, 3.63) is 96.5 Å². The molecule has 0 amide bonds. The molecule has 156 valence electrons. The minimum atomic E-state index is -3.19. The molecular formula is C25H25F3N2. The van der Waals surface area contributed by atoms with E-state index in [1.165, 1.54) is 24.4 Å². The maximum Gasteiger partial charge on any atom is 0.295 e. The van der Waals surface area contributed by atoms with Crippen molar-refractivity contribution in [2.45, 2.75) is 38.2 Å². The lowest BCUT2D eigenvalue weighted by molar-refractivity contribution is -0.0938. The summed E-state index contributed by atoms with van der Waals surface area (Å²) in [7, 11) is 0. The van der Waals surface area contributed by atoms with Crippen molar-refractivity contribution >= 4 is 16.6 Å². The highest BCUT2D eigenvalue weighted by Gasteiger charge is 2.53. The van der Waals surface area contributed by atoms with Crippen LogP contribution in [-0.4, -0.2) is 10.5 Å². The molecule has 5 heteroatoms. The van der Waals surface area contributed by atoms with E-state index in [9.17, 15) is 4.39 Å². The van der Waals surface area contributed by atoms with Gasteiger partial charge in [0.15, 0.2) is 0 Å². The molecule has 1 aromatic heterocycles. The van der Waals surface area contributed by atoms with Gasteiger partial charge in [-0.25, -0.2) is 4.39 Å². The number of hydrogen-bond donors (Lipinski definition) is 1. The number of para-hydroxylation sites is 1. The number of hydrogen-bond acceptors (Lipinski definition) is 2. The van der Waals surface area contributed by atoms with Gasteiger partial charge in [-0.3, -0.25) is 4.98 Å². The first kappa shape index (κ1) is 21.6. The summed E-state index contributed by atoms with van der Waals surface area (Å²) in [6.07, 6.45) is 1.64. The zero-order valence-corrected chi connectivity index (χ0v) is 17.2. The fourth-order valence-corrected chi connectivity index (χ4v) is 3.76. The first-order valence-electron chi connectivity index (χ1n) is 9.79. The van der Waals surface area contributed by atoms with E-state index in [4.69, 9.17) is 0 Å². The van der Waals surface area contributed by atoms with E-state index >= 15 is 8.78 Å². The summed E-state index contributed by atoms with van der Waals surface area (Å²) in [5.41, 5.74) is -0.0245. The van der Waals surface area contributed by atoms with Gasteiger partial charge in [0.2, 0.25) is 0 Å². The normalized spacial score (nSPS) is 13.6. The smallest absolute Gasteiger partial charge is 0.295 e. The van der Waals surface area contributed by atoms with E-state index in [-0.39, 0.29) is 23.9 Å². The fourth-order valence-electron chi connectivity index (χ4n) is 3.76. The molecule has 0 aliphatic rings. The SMILES string of the molecule is C=C(C)C[C@](CC)(NC(=C)c1cnc2c(F)cccc2c1)C(F)(F)c1ccccc1. The molecule has 0 saturated heterocycles. The summed E-state index contributed by atoms with van der Waals surface area (Å²) in [5.74, 6) is -3.63. The average molecular weight is 410 g/mol. The Bertz CT molecular complexity index is 1080. The number of halogens is 3. The van der Waals surface area contributed by atoms with Gasteiger partial charge in [-0.05, 0) is 31.9 Å². The molecule has 3 rings (SSSR count). The van der Waals surface area contributed by atoms with Crippen LogP contribution in [0.25, 0.3) is 16.6 Å². The van der Waals surface area contributed by atoms with Crippen molar-refractivity contribution in [3.63, 3.8) is 0 Å². The lowest BCUT2D eigenvalue weighted by Crippen LogP contribution is -2.56. The highest BCUT2D eigenvalue weighted by atomic mass is 19.3. The molecule has 0 aliphatic carbocycles. The van der Waals surface area contributed by atoms with Crippen LogP contribution in [-0.2, 0) is 5.92 Å². The molecule has 0 fully saturated rings. The summed E-state index contributed by atoms with van der Waals surface area (Å²) < 4.78 is 45.5. The molecule has 0 spiro atoms. The number of benzene rings is 2. The first-order valence-corrected chi connectivity index (χ1v) is 9.79. The Balaban J connectivity index is 2.03. The molecule has 1 atom stereocenters. The number of nitrogens with zero attached hydrogens (tertiary/aromatic N) is 1. The fraction of sp³-hybridized carbons (Fsp3) is 0.240. The van der Waals surface area contributed by atoms with E-state index in [0.717, 1.165) is 0 Å². The molecule has 0 unspecified atom stereocenters. The average Bonchev–Trinajstić information content (AvgIpc) is 2.73. The third-order valence-corrected chi connectivity index (χ3v) is 5.34. The first-order chi connectivity index (χ1) is 14.2. The van der Waals surface area contributed by atoms with Gasteiger partial charge in [0.1, 0.15) is 16.9 Å². The quantitative estimate of drug-likeness (QED) is 0.411. The predicted molar refractivity (Wildman–Crippen MR) is 117 cm³/mol. The van der Waals surface area contributed by atoms with Gasteiger partial charge in [-0.15, -0.1) is 6.58 Å². The topological polar surface area (TPSA) is 24.9 Å². The summed E-state index contributed by atoms with van der Waals surface area (Å²) in [5, 5.41) is 3.58. The highest BCUT2D eigenvalue weighted by Crippen LogP contribution is 2.45. The second kappa shape index (κ2) is 8.34. The van der Waals surface area contributed by atoms with Crippen molar-refractivity contribution in [2.24, 2.45) is 0 Å². The largest absolute Gasteiger partial charge is 0.373 e. The Kier molecular flexibility index (Phi) is 6.01. The summed E-state index contributed by atoms with van der Waals surface area (Å²) >= 11 is 0. The molecule has 30 heavy (non-hydrogen) atoms. The second-order valence-electron chi connectivity index (χ2n) is 7.65. The molecule has 0 radical (unpaired) electrons. The van der Waals surface area contributed by atoms with Crippen molar-refractivity contribution in [1.29, 1.82) is 0 Å². The van der Waals surface area contributed by atoms with Gasteiger partial charge in [-0.1, -0.05) is 61.5 Å². The van der Waals surface area contributed by atoms with Gasteiger partial charge in [0, 0.05) is 28.4 Å². The highest BCUT2D eigenvalue weighted by molar-refractivity contribution is 5.82. The van der Waals surface area contributed by atoms with Crippen LogP contribution in [0.5, 0.6) is 0 Å². The van der Waals surface area contributed by atoms with Crippen LogP contribution >= 0.6 is 0 Å². The summed E-state index contributed by atoms with van der Waals surface area (Å²) in [6, 6.07) is 14.1. The van der Waals surface area contributed by atoms with Crippen molar-refractivity contribution in [3.8, 4) is 0 Å². The molecule has 2 aromatic carbocycles. The molecule has 2 nitrogen and oxygen atoms in total. The molecule has 1 N–H and O–H groups in total. The zero-order valence-electron chi connectivity index (χ0n) is 17.2. The van der Waals surface area contributed by atoms with Crippen LogP contribution in [0.3, 0.4) is 0 Å². The molecule has 0 aliphatic heterocycles. The van der Waals surface area contributed by atoms with Gasteiger partial charge in [0.05, 0.1) is 0 Å². The Morgan fingerprint density at radius 3 is 2.40 bits per heavy atom. The number of rotatable bonds is 8. The number of nitrogens with one attached hydrogen (secondary N) is 1. The van der Waals surface area contributed by atoms with Gasteiger partial charge >= 0.3 is 0 Å². The number of fused-ring (bicyclic) bond motifs is 1. The Morgan fingerprint density at radius 1 is 1.07 bits per heavy atom. The van der Waals surface area contributed by atoms with E-state index in [0.29, 0.717) is 22.2 Å². The number of aromatic nitrogens is 1.